The van der Waals surface area contributed by atoms with Crippen LogP contribution < -0.4 is 4.72 Å². The molecule has 0 fully saturated rings. The van der Waals surface area contributed by atoms with E-state index in [4.69, 9.17) is 0 Å². The maximum absolute atomic E-state index is 13.0. The molecule has 114 valence electrons. The number of sulfonamides is 1. The van der Waals surface area contributed by atoms with E-state index in [0.29, 0.717) is 12.8 Å². The quantitative estimate of drug-likeness (QED) is 0.778. The highest BCUT2D eigenvalue weighted by Crippen LogP contribution is 2.27. The average Bonchev–Trinajstić information content (AvgIpc) is 2.40. The summed E-state index contributed by atoms with van der Waals surface area (Å²) in [5, 5.41) is 9.44. The van der Waals surface area contributed by atoms with Crippen LogP contribution >= 0.6 is 15.9 Å². The Morgan fingerprint density at radius 2 is 1.95 bits per heavy atom. The number of hydrogen-bond acceptors (Lipinski definition) is 3. The summed E-state index contributed by atoms with van der Waals surface area (Å²) in [4.78, 5) is -0.0158. The van der Waals surface area contributed by atoms with Crippen molar-refractivity contribution in [2.24, 2.45) is 5.41 Å². The smallest absolute Gasteiger partial charge is 0.241 e. The van der Waals surface area contributed by atoms with Gasteiger partial charge in [-0.25, -0.2) is 17.5 Å². The molecule has 7 heteroatoms. The van der Waals surface area contributed by atoms with Gasteiger partial charge in [0.25, 0.3) is 0 Å². The van der Waals surface area contributed by atoms with Crippen molar-refractivity contribution in [3.63, 3.8) is 0 Å². The molecule has 0 saturated heterocycles. The van der Waals surface area contributed by atoms with Crippen molar-refractivity contribution in [2.45, 2.75) is 31.6 Å². The van der Waals surface area contributed by atoms with Gasteiger partial charge < -0.3 is 5.11 Å². The van der Waals surface area contributed by atoms with Crippen LogP contribution in [0.4, 0.5) is 4.39 Å². The largest absolute Gasteiger partial charge is 0.396 e. The van der Waals surface area contributed by atoms with Gasteiger partial charge in [-0.05, 0) is 47.0 Å². The zero-order valence-electron chi connectivity index (χ0n) is 11.5. The molecular formula is C13H19BrFNO3S. The Hall–Kier alpha value is -0.500. The van der Waals surface area contributed by atoms with E-state index in [1.54, 1.807) is 0 Å². The third kappa shape index (κ3) is 4.00. The topological polar surface area (TPSA) is 66.4 Å². The number of halogens is 2. The van der Waals surface area contributed by atoms with Gasteiger partial charge in [-0.15, -0.1) is 0 Å². The van der Waals surface area contributed by atoms with Crippen molar-refractivity contribution in [2.75, 3.05) is 13.2 Å². The standard InChI is InChI=1S/C13H19BrFNO3S/c1-3-13(4-2,9-17)8-16-20(18,19)12-6-5-10(15)7-11(12)14/h5-7,16-17H,3-4,8-9H2,1-2H3. The van der Waals surface area contributed by atoms with E-state index in [1.165, 1.54) is 6.07 Å². The molecule has 4 nitrogen and oxygen atoms in total. The minimum Gasteiger partial charge on any atom is -0.396 e. The summed E-state index contributed by atoms with van der Waals surface area (Å²) in [5.74, 6) is -0.511. The summed E-state index contributed by atoms with van der Waals surface area (Å²) in [6.07, 6.45) is 1.32. The summed E-state index contributed by atoms with van der Waals surface area (Å²) in [7, 11) is -3.75. The summed E-state index contributed by atoms with van der Waals surface area (Å²) in [6.45, 7) is 3.86. The Bertz CT molecular complexity index is 550. The van der Waals surface area contributed by atoms with Crippen molar-refractivity contribution in [1.82, 2.24) is 4.72 Å². The maximum atomic E-state index is 13.0. The zero-order chi connectivity index (χ0) is 15.4. The molecule has 0 atom stereocenters. The average molecular weight is 368 g/mol. The van der Waals surface area contributed by atoms with Crippen molar-refractivity contribution in [3.8, 4) is 0 Å². The van der Waals surface area contributed by atoms with Gasteiger partial charge in [0.15, 0.2) is 0 Å². The molecule has 2 N–H and O–H groups in total. The molecule has 0 bridgehead atoms. The highest BCUT2D eigenvalue weighted by Gasteiger charge is 2.28. The van der Waals surface area contributed by atoms with Crippen LogP contribution in [0, 0.1) is 11.2 Å². The molecule has 0 aromatic heterocycles. The van der Waals surface area contributed by atoms with Gasteiger partial charge in [0.1, 0.15) is 5.82 Å². The predicted molar refractivity (Wildman–Crippen MR) is 79.4 cm³/mol. The molecule has 0 spiro atoms. The fourth-order valence-electron chi connectivity index (χ4n) is 1.80. The van der Waals surface area contributed by atoms with E-state index in [2.05, 4.69) is 20.7 Å². The fourth-order valence-corrected chi connectivity index (χ4v) is 4.00. The lowest BCUT2D eigenvalue weighted by Gasteiger charge is -2.29. The Morgan fingerprint density at radius 1 is 1.35 bits per heavy atom. The van der Waals surface area contributed by atoms with E-state index < -0.39 is 21.3 Å². The fraction of sp³-hybridized carbons (Fsp3) is 0.538. The van der Waals surface area contributed by atoms with Crippen LogP contribution in [0.2, 0.25) is 0 Å². The van der Waals surface area contributed by atoms with E-state index >= 15 is 0 Å². The molecule has 0 aliphatic heterocycles. The lowest BCUT2D eigenvalue weighted by atomic mass is 9.84. The van der Waals surface area contributed by atoms with Crippen LogP contribution in [0.25, 0.3) is 0 Å². The molecule has 0 unspecified atom stereocenters. The van der Waals surface area contributed by atoms with Crippen molar-refractivity contribution < 1.29 is 17.9 Å². The number of benzene rings is 1. The lowest BCUT2D eigenvalue weighted by molar-refractivity contribution is 0.119. The monoisotopic (exact) mass is 367 g/mol. The first-order valence-corrected chi connectivity index (χ1v) is 8.63. The second-order valence-electron chi connectivity index (χ2n) is 4.76. The zero-order valence-corrected chi connectivity index (χ0v) is 13.9. The Kier molecular flexibility index (Phi) is 6.12. The number of nitrogens with one attached hydrogen (secondary N) is 1. The van der Waals surface area contributed by atoms with Gasteiger partial charge in [-0.2, -0.15) is 0 Å². The van der Waals surface area contributed by atoms with Gasteiger partial charge in [0.05, 0.1) is 4.90 Å². The second kappa shape index (κ2) is 6.98. The van der Waals surface area contributed by atoms with Crippen LogP contribution in [0.3, 0.4) is 0 Å². The molecular weight excluding hydrogens is 349 g/mol. The van der Waals surface area contributed by atoms with Gasteiger partial charge >= 0.3 is 0 Å². The van der Waals surface area contributed by atoms with E-state index in [1.807, 2.05) is 13.8 Å². The van der Waals surface area contributed by atoms with Crippen LogP contribution in [0.15, 0.2) is 27.6 Å². The lowest BCUT2D eigenvalue weighted by Crippen LogP contribution is -2.39. The number of aliphatic hydroxyl groups is 1. The minimum atomic E-state index is -3.75. The van der Waals surface area contributed by atoms with Crippen molar-refractivity contribution in [3.05, 3.63) is 28.5 Å². The van der Waals surface area contributed by atoms with Gasteiger partial charge in [0.2, 0.25) is 10.0 Å². The summed E-state index contributed by atoms with van der Waals surface area (Å²) in [6, 6.07) is 3.41. The first-order chi connectivity index (χ1) is 9.30. The third-order valence-electron chi connectivity index (χ3n) is 3.66. The van der Waals surface area contributed by atoms with Crippen LogP contribution in [-0.4, -0.2) is 26.7 Å². The number of rotatable bonds is 7. The van der Waals surface area contributed by atoms with Gasteiger partial charge in [-0.3, -0.25) is 0 Å². The Balaban J connectivity index is 2.96. The summed E-state index contributed by atoms with van der Waals surface area (Å²) in [5.41, 5.74) is -0.473. The highest BCUT2D eigenvalue weighted by atomic mass is 79.9. The first kappa shape index (κ1) is 17.6. The number of aliphatic hydroxyl groups excluding tert-OH is 1. The Morgan fingerprint density at radius 3 is 2.40 bits per heavy atom. The predicted octanol–water partition coefficient (Wildman–Crippen LogP) is 2.67. The molecule has 0 radical (unpaired) electrons. The third-order valence-corrected chi connectivity index (χ3v) is 6.03. The number of hydrogen-bond donors (Lipinski definition) is 2. The molecule has 0 saturated carbocycles. The van der Waals surface area contributed by atoms with E-state index in [9.17, 15) is 17.9 Å². The van der Waals surface area contributed by atoms with E-state index in [-0.39, 0.29) is 22.5 Å². The molecule has 1 rings (SSSR count). The summed E-state index contributed by atoms with van der Waals surface area (Å²) < 4.78 is 40.1. The molecule has 1 aromatic carbocycles. The van der Waals surface area contributed by atoms with Crippen molar-refractivity contribution in [1.29, 1.82) is 0 Å². The Labute approximate surface area is 127 Å². The van der Waals surface area contributed by atoms with Gasteiger partial charge in [0, 0.05) is 23.0 Å². The van der Waals surface area contributed by atoms with Gasteiger partial charge in [-0.1, -0.05) is 13.8 Å². The first-order valence-electron chi connectivity index (χ1n) is 6.36. The molecule has 0 amide bonds. The van der Waals surface area contributed by atoms with Crippen molar-refractivity contribution >= 4 is 26.0 Å². The van der Waals surface area contributed by atoms with Crippen LogP contribution in [-0.2, 0) is 10.0 Å². The van der Waals surface area contributed by atoms with Crippen LogP contribution in [0.5, 0.6) is 0 Å². The molecule has 20 heavy (non-hydrogen) atoms. The second-order valence-corrected chi connectivity index (χ2v) is 7.35. The molecule has 0 aliphatic carbocycles. The van der Waals surface area contributed by atoms with E-state index in [0.717, 1.165) is 12.1 Å². The maximum Gasteiger partial charge on any atom is 0.241 e. The SMILES string of the molecule is CCC(CC)(CO)CNS(=O)(=O)c1ccc(F)cc1Br. The molecule has 1 aromatic rings. The molecule has 0 aliphatic rings. The summed E-state index contributed by atoms with van der Waals surface area (Å²) >= 11 is 3.05. The highest BCUT2D eigenvalue weighted by molar-refractivity contribution is 9.10. The normalized spacial score (nSPS) is 12.7. The van der Waals surface area contributed by atoms with Crippen LogP contribution in [0.1, 0.15) is 26.7 Å². The molecule has 0 heterocycles. The minimum absolute atomic E-state index is 0.0158.